The van der Waals surface area contributed by atoms with Gasteiger partial charge in [-0.1, -0.05) is 13.0 Å². The molecule has 0 saturated heterocycles. The van der Waals surface area contributed by atoms with E-state index in [0.717, 1.165) is 12.0 Å². The van der Waals surface area contributed by atoms with Gasteiger partial charge in [0.05, 0.1) is 11.0 Å². The largest absolute Gasteiger partial charge is 0.355 e. The Bertz CT molecular complexity index is 385. The van der Waals surface area contributed by atoms with Crippen molar-refractivity contribution in [3.05, 3.63) is 34.1 Å². The van der Waals surface area contributed by atoms with Crippen molar-refractivity contribution in [3.8, 4) is 0 Å². The van der Waals surface area contributed by atoms with Crippen LogP contribution in [-0.4, -0.2) is 19.0 Å². The summed E-state index contributed by atoms with van der Waals surface area (Å²) < 4.78 is 13.6. The predicted octanol–water partition coefficient (Wildman–Crippen LogP) is 2.20. The number of amides is 1. The molecule has 0 fully saturated rings. The summed E-state index contributed by atoms with van der Waals surface area (Å²) in [6.45, 7) is 3.41. The summed E-state index contributed by atoms with van der Waals surface area (Å²) in [6, 6.07) is 4.91. The smallest absolute Gasteiger partial charge is 0.233 e. The van der Waals surface area contributed by atoms with Crippen LogP contribution in [0.1, 0.15) is 18.9 Å². The second-order valence-corrected chi connectivity index (χ2v) is 4.56. The van der Waals surface area contributed by atoms with Crippen molar-refractivity contribution in [2.45, 2.75) is 19.9 Å². The van der Waals surface area contributed by atoms with Crippen LogP contribution >= 0.6 is 15.9 Å². The molecule has 0 spiro atoms. The SMILES string of the molecule is CCCNC(=O)CNCc1ccc(Br)c(F)c1. The summed E-state index contributed by atoms with van der Waals surface area (Å²) in [7, 11) is 0. The van der Waals surface area contributed by atoms with E-state index in [9.17, 15) is 9.18 Å². The average Bonchev–Trinajstić information content (AvgIpc) is 2.31. The van der Waals surface area contributed by atoms with E-state index in [0.29, 0.717) is 17.6 Å². The molecule has 0 heterocycles. The van der Waals surface area contributed by atoms with E-state index in [1.807, 2.05) is 13.0 Å². The number of hydrogen-bond donors (Lipinski definition) is 2. The summed E-state index contributed by atoms with van der Waals surface area (Å²) in [5, 5.41) is 5.72. The Morgan fingerprint density at radius 2 is 2.24 bits per heavy atom. The van der Waals surface area contributed by atoms with E-state index in [-0.39, 0.29) is 18.3 Å². The van der Waals surface area contributed by atoms with Gasteiger partial charge < -0.3 is 10.6 Å². The van der Waals surface area contributed by atoms with E-state index < -0.39 is 0 Å². The summed E-state index contributed by atoms with van der Waals surface area (Å²) >= 11 is 3.09. The summed E-state index contributed by atoms with van der Waals surface area (Å²) in [6.07, 6.45) is 0.920. The van der Waals surface area contributed by atoms with Gasteiger partial charge in [-0.15, -0.1) is 0 Å². The minimum atomic E-state index is -0.292. The van der Waals surface area contributed by atoms with Crippen LogP contribution in [0.5, 0.6) is 0 Å². The zero-order valence-electron chi connectivity index (χ0n) is 9.72. The molecule has 17 heavy (non-hydrogen) atoms. The highest BCUT2D eigenvalue weighted by Crippen LogP contribution is 2.16. The zero-order valence-corrected chi connectivity index (χ0v) is 11.3. The van der Waals surface area contributed by atoms with Crippen molar-refractivity contribution in [1.29, 1.82) is 0 Å². The molecule has 0 bridgehead atoms. The number of nitrogens with one attached hydrogen (secondary N) is 2. The Labute approximate surface area is 109 Å². The zero-order chi connectivity index (χ0) is 12.7. The number of hydrogen-bond acceptors (Lipinski definition) is 2. The molecule has 5 heteroatoms. The molecule has 1 aromatic carbocycles. The summed E-state index contributed by atoms with van der Waals surface area (Å²) in [4.78, 5) is 11.3. The molecule has 0 saturated carbocycles. The molecule has 0 radical (unpaired) electrons. The standard InChI is InChI=1S/C12H16BrFN2O/c1-2-5-16-12(17)8-15-7-9-3-4-10(13)11(14)6-9/h3-4,6,15H,2,5,7-8H2,1H3,(H,16,17). The Hall–Kier alpha value is -0.940. The molecule has 0 atom stereocenters. The van der Waals surface area contributed by atoms with Gasteiger partial charge in [0.15, 0.2) is 0 Å². The molecule has 0 aromatic heterocycles. The first-order valence-electron chi connectivity index (χ1n) is 5.54. The molecule has 1 rings (SSSR count). The molecule has 3 nitrogen and oxygen atoms in total. The van der Waals surface area contributed by atoms with Gasteiger partial charge in [0.1, 0.15) is 5.82 Å². The van der Waals surface area contributed by atoms with Gasteiger partial charge in [-0.2, -0.15) is 0 Å². The molecule has 2 N–H and O–H groups in total. The van der Waals surface area contributed by atoms with Crippen LogP contribution in [0.15, 0.2) is 22.7 Å². The van der Waals surface area contributed by atoms with Crippen LogP contribution < -0.4 is 10.6 Å². The van der Waals surface area contributed by atoms with Crippen molar-refractivity contribution < 1.29 is 9.18 Å². The maximum atomic E-state index is 13.2. The highest BCUT2D eigenvalue weighted by molar-refractivity contribution is 9.10. The summed E-state index contributed by atoms with van der Waals surface area (Å²) in [5.41, 5.74) is 0.814. The second kappa shape index (κ2) is 7.40. The predicted molar refractivity (Wildman–Crippen MR) is 69.1 cm³/mol. The molecule has 0 aliphatic carbocycles. The normalized spacial score (nSPS) is 10.3. The first-order chi connectivity index (χ1) is 8.13. The molecule has 1 aromatic rings. The van der Waals surface area contributed by atoms with Gasteiger partial charge in [-0.3, -0.25) is 4.79 Å². The van der Waals surface area contributed by atoms with Crippen molar-refractivity contribution in [2.24, 2.45) is 0 Å². The second-order valence-electron chi connectivity index (χ2n) is 3.70. The first kappa shape index (κ1) is 14.1. The van der Waals surface area contributed by atoms with Crippen LogP contribution in [0.25, 0.3) is 0 Å². The third-order valence-corrected chi connectivity index (χ3v) is 2.81. The van der Waals surface area contributed by atoms with Crippen molar-refractivity contribution in [2.75, 3.05) is 13.1 Å². The fourth-order valence-electron chi connectivity index (χ4n) is 1.30. The molecular weight excluding hydrogens is 287 g/mol. The van der Waals surface area contributed by atoms with Gasteiger partial charge in [0.25, 0.3) is 0 Å². The monoisotopic (exact) mass is 302 g/mol. The third-order valence-electron chi connectivity index (χ3n) is 2.17. The van der Waals surface area contributed by atoms with Crippen LogP contribution in [0.2, 0.25) is 0 Å². The van der Waals surface area contributed by atoms with E-state index in [4.69, 9.17) is 0 Å². The van der Waals surface area contributed by atoms with E-state index >= 15 is 0 Å². The lowest BCUT2D eigenvalue weighted by Gasteiger charge is -2.06. The number of halogens is 2. The number of benzene rings is 1. The fourth-order valence-corrected chi connectivity index (χ4v) is 1.54. The number of carbonyl (C=O) groups excluding carboxylic acids is 1. The van der Waals surface area contributed by atoms with Gasteiger partial charge in [-0.05, 0) is 40.0 Å². The van der Waals surface area contributed by atoms with Gasteiger partial charge in [0.2, 0.25) is 5.91 Å². The van der Waals surface area contributed by atoms with Crippen LogP contribution in [0, 0.1) is 5.82 Å². The third kappa shape index (κ3) is 5.28. The van der Waals surface area contributed by atoms with Gasteiger partial charge in [0, 0.05) is 13.1 Å². The minimum absolute atomic E-state index is 0.0376. The molecule has 0 unspecified atom stereocenters. The first-order valence-corrected chi connectivity index (χ1v) is 6.34. The minimum Gasteiger partial charge on any atom is -0.355 e. The number of rotatable bonds is 6. The molecule has 94 valence electrons. The molecular formula is C12H16BrFN2O. The maximum absolute atomic E-state index is 13.2. The van der Waals surface area contributed by atoms with Gasteiger partial charge in [-0.25, -0.2) is 4.39 Å². The molecule has 0 aliphatic rings. The lowest BCUT2D eigenvalue weighted by atomic mass is 10.2. The Kier molecular flexibility index (Phi) is 6.15. The topological polar surface area (TPSA) is 41.1 Å². The average molecular weight is 303 g/mol. The van der Waals surface area contributed by atoms with E-state index in [2.05, 4.69) is 26.6 Å². The van der Waals surface area contributed by atoms with Crippen molar-refractivity contribution in [1.82, 2.24) is 10.6 Å². The number of carbonyl (C=O) groups is 1. The van der Waals surface area contributed by atoms with Crippen molar-refractivity contribution in [3.63, 3.8) is 0 Å². The molecule has 1 amide bonds. The van der Waals surface area contributed by atoms with E-state index in [1.54, 1.807) is 6.07 Å². The van der Waals surface area contributed by atoms with E-state index in [1.165, 1.54) is 6.07 Å². The lowest BCUT2D eigenvalue weighted by molar-refractivity contribution is -0.120. The van der Waals surface area contributed by atoms with Crippen LogP contribution in [0.4, 0.5) is 4.39 Å². The summed E-state index contributed by atoms with van der Waals surface area (Å²) in [5.74, 6) is -0.329. The fraction of sp³-hybridized carbons (Fsp3) is 0.417. The Morgan fingerprint density at radius 3 is 2.88 bits per heavy atom. The van der Waals surface area contributed by atoms with Crippen LogP contribution in [0.3, 0.4) is 0 Å². The highest BCUT2D eigenvalue weighted by Gasteiger charge is 2.02. The quantitative estimate of drug-likeness (QED) is 0.846. The lowest BCUT2D eigenvalue weighted by Crippen LogP contribution is -2.33. The van der Waals surface area contributed by atoms with Gasteiger partial charge >= 0.3 is 0 Å². The maximum Gasteiger partial charge on any atom is 0.233 e. The highest BCUT2D eigenvalue weighted by atomic mass is 79.9. The van der Waals surface area contributed by atoms with Crippen molar-refractivity contribution >= 4 is 21.8 Å². The Balaban J connectivity index is 2.30. The molecule has 0 aliphatic heterocycles. The van der Waals surface area contributed by atoms with Crippen LogP contribution in [-0.2, 0) is 11.3 Å². The Morgan fingerprint density at radius 1 is 1.47 bits per heavy atom.